The summed E-state index contributed by atoms with van der Waals surface area (Å²) >= 11 is 11.8. The largest absolute Gasteiger partial charge is 0.328 e. The lowest BCUT2D eigenvalue weighted by Gasteiger charge is -2.06. The first-order valence-electron chi connectivity index (χ1n) is 5.97. The highest BCUT2D eigenvalue weighted by Gasteiger charge is 2.09. The summed E-state index contributed by atoms with van der Waals surface area (Å²) in [5.41, 5.74) is 2.15. The molecule has 0 aliphatic carbocycles. The molecule has 0 atom stereocenters. The minimum absolute atomic E-state index is 0.677. The standard InChI is InChI=1S/C13H16Cl2N2/c1-2-8-17-12-9-10(15)5-6-11(12)16-13(17)4-3-7-14/h5-6,9H,2-4,7-8H2,1H3. The molecule has 0 fully saturated rings. The molecule has 0 radical (unpaired) electrons. The van der Waals surface area contributed by atoms with Crippen molar-refractivity contribution in [1.82, 2.24) is 9.55 Å². The van der Waals surface area contributed by atoms with Crippen molar-refractivity contribution in [3.05, 3.63) is 29.0 Å². The Hall–Kier alpha value is -0.730. The van der Waals surface area contributed by atoms with Gasteiger partial charge in [-0.05, 0) is 31.0 Å². The first kappa shape index (κ1) is 12.7. The number of alkyl halides is 1. The van der Waals surface area contributed by atoms with Crippen molar-refractivity contribution in [2.75, 3.05) is 5.88 Å². The SMILES string of the molecule is CCCn1c(CCCCl)nc2ccc(Cl)cc21. The topological polar surface area (TPSA) is 17.8 Å². The Morgan fingerprint density at radius 2 is 2.18 bits per heavy atom. The van der Waals surface area contributed by atoms with Crippen LogP contribution >= 0.6 is 23.2 Å². The molecule has 0 bridgehead atoms. The van der Waals surface area contributed by atoms with Crippen molar-refractivity contribution in [3.63, 3.8) is 0 Å². The van der Waals surface area contributed by atoms with E-state index in [0.29, 0.717) is 5.88 Å². The van der Waals surface area contributed by atoms with Crippen LogP contribution in [0.1, 0.15) is 25.6 Å². The minimum Gasteiger partial charge on any atom is -0.328 e. The average molecular weight is 271 g/mol. The van der Waals surface area contributed by atoms with Crippen molar-refractivity contribution in [3.8, 4) is 0 Å². The number of nitrogens with zero attached hydrogens (tertiary/aromatic N) is 2. The lowest BCUT2D eigenvalue weighted by atomic mass is 10.3. The molecule has 2 aromatic rings. The Morgan fingerprint density at radius 3 is 2.88 bits per heavy atom. The third-order valence-electron chi connectivity index (χ3n) is 2.77. The fourth-order valence-electron chi connectivity index (χ4n) is 2.03. The van der Waals surface area contributed by atoms with Gasteiger partial charge in [-0.15, -0.1) is 11.6 Å². The smallest absolute Gasteiger partial charge is 0.109 e. The second-order valence-electron chi connectivity index (χ2n) is 4.11. The maximum Gasteiger partial charge on any atom is 0.109 e. The number of fused-ring (bicyclic) bond motifs is 1. The van der Waals surface area contributed by atoms with E-state index in [1.54, 1.807) is 0 Å². The molecule has 0 unspecified atom stereocenters. The van der Waals surface area contributed by atoms with Gasteiger partial charge < -0.3 is 4.57 Å². The lowest BCUT2D eigenvalue weighted by Crippen LogP contribution is -2.03. The van der Waals surface area contributed by atoms with E-state index in [1.165, 1.54) is 0 Å². The molecule has 0 saturated carbocycles. The van der Waals surface area contributed by atoms with Crippen LogP contribution in [0.15, 0.2) is 18.2 Å². The van der Waals surface area contributed by atoms with Gasteiger partial charge >= 0.3 is 0 Å². The summed E-state index contributed by atoms with van der Waals surface area (Å²) in [5, 5.41) is 0.763. The minimum atomic E-state index is 0.677. The Labute approximate surface area is 112 Å². The number of aromatic nitrogens is 2. The molecular formula is C13H16Cl2N2. The highest BCUT2D eigenvalue weighted by atomic mass is 35.5. The first-order valence-corrected chi connectivity index (χ1v) is 6.88. The van der Waals surface area contributed by atoms with Crippen molar-refractivity contribution in [1.29, 1.82) is 0 Å². The van der Waals surface area contributed by atoms with Crippen LogP contribution in [0.25, 0.3) is 11.0 Å². The van der Waals surface area contributed by atoms with E-state index in [4.69, 9.17) is 23.2 Å². The molecule has 1 aromatic carbocycles. The molecule has 0 aliphatic rings. The van der Waals surface area contributed by atoms with Crippen molar-refractivity contribution in [2.45, 2.75) is 32.7 Å². The average Bonchev–Trinajstić information content (AvgIpc) is 2.65. The van der Waals surface area contributed by atoms with Gasteiger partial charge in [-0.1, -0.05) is 18.5 Å². The number of aryl methyl sites for hydroxylation is 2. The predicted octanol–water partition coefficient (Wildman–Crippen LogP) is 4.27. The van der Waals surface area contributed by atoms with Crippen LogP contribution in [-0.2, 0) is 13.0 Å². The Kier molecular flexibility index (Phi) is 4.30. The van der Waals surface area contributed by atoms with Crippen LogP contribution in [0.4, 0.5) is 0 Å². The van der Waals surface area contributed by atoms with E-state index in [0.717, 1.165) is 47.7 Å². The Balaban J connectivity index is 2.46. The summed E-state index contributed by atoms with van der Waals surface area (Å²) in [5.74, 6) is 1.79. The molecule has 1 aromatic heterocycles. The molecule has 4 heteroatoms. The van der Waals surface area contributed by atoms with Crippen molar-refractivity contribution in [2.24, 2.45) is 0 Å². The van der Waals surface area contributed by atoms with E-state index in [1.807, 2.05) is 18.2 Å². The Morgan fingerprint density at radius 1 is 1.35 bits per heavy atom. The number of imidazole rings is 1. The van der Waals surface area contributed by atoms with Crippen LogP contribution in [0.3, 0.4) is 0 Å². The van der Waals surface area contributed by atoms with E-state index >= 15 is 0 Å². The molecule has 0 amide bonds. The molecule has 0 spiro atoms. The zero-order chi connectivity index (χ0) is 12.3. The van der Waals surface area contributed by atoms with Gasteiger partial charge in [0, 0.05) is 23.9 Å². The molecular weight excluding hydrogens is 255 g/mol. The number of benzene rings is 1. The van der Waals surface area contributed by atoms with Gasteiger partial charge in [0.25, 0.3) is 0 Å². The molecule has 0 aliphatic heterocycles. The summed E-state index contributed by atoms with van der Waals surface area (Å²) in [7, 11) is 0. The van der Waals surface area contributed by atoms with Gasteiger partial charge in [0.2, 0.25) is 0 Å². The highest BCUT2D eigenvalue weighted by Crippen LogP contribution is 2.22. The fraction of sp³-hybridized carbons (Fsp3) is 0.462. The number of hydrogen-bond donors (Lipinski definition) is 0. The van der Waals surface area contributed by atoms with Crippen LogP contribution in [0.5, 0.6) is 0 Å². The van der Waals surface area contributed by atoms with E-state index in [-0.39, 0.29) is 0 Å². The molecule has 0 N–H and O–H groups in total. The molecule has 2 rings (SSSR count). The third-order valence-corrected chi connectivity index (χ3v) is 3.27. The second-order valence-corrected chi connectivity index (χ2v) is 4.92. The number of rotatable bonds is 5. The lowest BCUT2D eigenvalue weighted by molar-refractivity contribution is 0.647. The maximum absolute atomic E-state index is 6.04. The Bertz CT molecular complexity index is 505. The monoisotopic (exact) mass is 270 g/mol. The van der Waals surface area contributed by atoms with Gasteiger partial charge in [-0.3, -0.25) is 0 Å². The summed E-state index contributed by atoms with van der Waals surface area (Å²) < 4.78 is 2.26. The summed E-state index contributed by atoms with van der Waals surface area (Å²) in [4.78, 5) is 4.66. The molecule has 1 heterocycles. The van der Waals surface area contributed by atoms with Gasteiger partial charge in [-0.25, -0.2) is 4.98 Å². The van der Waals surface area contributed by atoms with E-state index in [9.17, 15) is 0 Å². The van der Waals surface area contributed by atoms with Crippen molar-refractivity contribution < 1.29 is 0 Å². The molecule has 92 valence electrons. The van der Waals surface area contributed by atoms with Crippen LogP contribution in [-0.4, -0.2) is 15.4 Å². The van der Waals surface area contributed by atoms with Crippen LogP contribution < -0.4 is 0 Å². The molecule has 17 heavy (non-hydrogen) atoms. The summed E-state index contributed by atoms with van der Waals surface area (Å²) in [6.07, 6.45) is 2.98. The molecule has 2 nitrogen and oxygen atoms in total. The quantitative estimate of drug-likeness (QED) is 0.742. The number of hydrogen-bond acceptors (Lipinski definition) is 1. The second kappa shape index (κ2) is 5.74. The van der Waals surface area contributed by atoms with Crippen LogP contribution in [0, 0.1) is 0 Å². The van der Waals surface area contributed by atoms with Gasteiger partial charge in [0.15, 0.2) is 0 Å². The van der Waals surface area contributed by atoms with E-state index < -0.39 is 0 Å². The predicted molar refractivity (Wildman–Crippen MR) is 74.1 cm³/mol. The number of halogens is 2. The van der Waals surface area contributed by atoms with Gasteiger partial charge in [0.05, 0.1) is 11.0 Å². The normalized spacial score (nSPS) is 11.2. The zero-order valence-electron chi connectivity index (χ0n) is 9.92. The van der Waals surface area contributed by atoms with Gasteiger partial charge in [-0.2, -0.15) is 0 Å². The van der Waals surface area contributed by atoms with Gasteiger partial charge in [0.1, 0.15) is 5.82 Å². The molecule has 0 saturated heterocycles. The van der Waals surface area contributed by atoms with Crippen molar-refractivity contribution >= 4 is 34.2 Å². The first-order chi connectivity index (χ1) is 8.26. The zero-order valence-corrected chi connectivity index (χ0v) is 11.4. The third kappa shape index (κ3) is 2.75. The fourth-order valence-corrected chi connectivity index (χ4v) is 2.33. The maximum atomic E-state index is 6.04. The highest BCUT2D eigenvalue weighted by molar-refractivity contribution is 6.31. The van der Waals surface area contributed by atoms with E-state index in [2.05, 4.69) is 16.5 Å². The van der Waals surface area contributed by atoms with Crippen LogP contribution in [0.2, 0.25) is 5.02 Å². The summed E-state index contributed by atoms with van der Waals surface area (Å²) in [6.45, 7) is 3.15. The summed E-state index contributed by atoms with van der Waals surface area (Å²) in [6, 6.07) is 5.86.